The van der Waals surface area contributed by atoms with Crippen molar-refractivity contribution in [2.45, 2.75) is 34.6 Å². The molecule has 66 valence electrons. The quantitative estimate of drug-likeness (QED) is 0.661. The normalized spacial score (nSPS) is 13.9. The van der Waals surface area contributed by atoms with Gasteiger partial charge in [-0.15, -0.1) is 0 Å². The fraction of sp³-hybridized carbons (Fsp3) is 0.800. The van der Waals surface area contributed by atoms with Crippen LogP contribution in [-0.4, -0.2) is 7.05 Å². The highest BCUT2D eigenvalue weighted by atomic mass is 14.8. The SMILES string of the molecule is CN/C(C)=C\C(C)(C)C(C)C. The van der Waals surface area contributed by atoms with E-state index in [1.54, 1.807) is 0 Å². The van der Waals surface area contributed by atoms with Gasteiger partial charge in [0.1, 0.15) is 0 Å². The van der Waals surface area contributed by atoms with Crippen LogP contribution in [0.2, 0.25) is 0 Å². The van der Waals surface area contributed by atoms with E-state index in [9.17, 15) is 0 Å². The lowest BCUT2D eigenvalue weighted by atomic mass is 9.80. The number of hydrogen-bond acceptors (Lipinski definition) is 1. The summed E-state index contributed by atoms with van der Waals surface area (Å²) >= 11 is 0. The second-order valence-corrected chi connectivity index (χ2v) is 4.05. The van der Waals surface area contributed by atoms with Crippen LogP contribution in [0.4, 0.5) is 0 Å². The van der Waals surface area contributed by atoms with Crippen LogP contribution in [0.15, 0.2) is 11.8 Å². The van der Waals surface area contributed by atoms with E-state index < -0.39 is 0 Å². The highest BCUT2D eigenvalue weighted by Crippen LogP contribution is 2.28. The van der Waals surface area contributed by atoms with Crippen molar-refractivity contribution in [2.24, 2.45) is 11.3 Å². The summed E-state index contributed by atoms with van der Waals surface area (Å²) in [5.41, 5.74) is 1.55. The Morgan fingerprint density at radius 2 is 1.82 bits per heavy atom. The highest BCUT2D eigenvalue weighted by molar-refractivity contribution is 5.03. The molecule has 0 aromatic heterocycles. The van der Waals surface area contributed by atoms with Gasteiger partial charge >= 0.3 is 0 Å². The molecule has 0 atom stereocenters. The third-order valence-corrected chi connectivity index (χ3v) is 2.47. The molecule has 1 heteroatoms. The van der Waals surface area contributed by atoms with Crippen molar-refractivity contribution in [2.75, 3.05) is 7.05 Å². The summed E-state index contributed by atoms with van der Waals surface area (Å²) < 4.78 is 0. The lowest BCUT2D eigenvalue weighted by Gasteiger charge is -2.26. The van der Waals surface area contributed by atoms with Crippen molar-refractivity contribution >= 4 is 0 Å². The first-order valence-electron chi connectivity index (χ1n) is 4.27. The zero-order valence-electron chi connectivity index (χ0n) is 8.65. The topological polar surface area (TPSA) is 12.0 Å². The van der Waals surface area contributed by atoms with Crippen molar-refractivity contribution in [3.05, 3.63) is 11.8 Å². The molecule has 0 saturated carbocycles. The molecule has 0 aromatic carbocycles. The van der Waals surface area contributed by atoms with Gasteiger partial charge in [0.2, 0.25) is 0 Å². The Morgan fingerprint density at radius 3 is 2.09 bits per heavy atom. The van der Waals surface area contributed by atoms with E-state index in [1.807, 2.05) is 7.05 Å². The Kier molecular flexibility index (Phi) is 3.64. The van der Waals surface area contributed by atoms with Crippen LogP contribution in [0.1, 0.15) is 34.6 Å². The lowest BCUT2D eigenvalue weighted by molar-refractivity contribution is 0.330. The number of hydrogen-bond donors (Lipinski definition) is 1. The summed E-state index contributed by atoms with van der Waals surface area (Å²) in [4.78, 5) is 0. The zero-order valence-corrected chi connectivity index (χ0v) is 8.65. The van der Waals surface area contributed by atoms with Gasteiger partial charge in [0.05, 0.1) is 0 Å². The maximum absolute atomic E-state index is 3.14. The van der Waals surface area contributed by atoms with Gasteiger partial charge in [-0.25, -0.2) is 0 Å². The molecule has 11 heavy (non-hydrogen) atoms. The standard InChI is InChI=1S/C10H21N/c1-8(2)10(4,5)7-9(3)11-6/h7-8,11H,1-6H3/b9-7-. The number of allylic oxidation sites excluding steroid dienone is 2. The summed E-state index contributed by atoms with van der Waals surface area (Å²) in [5.74, 6) is 0.686. The molecule has 0 spiro atoms. The first-order valence-corrected chi connectivity index (χ1v) is 4.27. The predicted octanol–water partition coefficient (Wildman–Crippen LogP) is 2.79. The smallest absolute Gasteiger partial charge is 0.00374 e. The molecular formula is C10H21N. The minimum atomic E-state index is 0.299. The van der Waals surface area contributed by atoms with E-state index in [0.717, 1.165) is 0 Å². The molecule has 0 heterocycles. The minimum absolute atomic E-state index is 0.299. The molecule has 0 unspecified atom stereocenters. The summed E-state index contributed by atoms with van der Waals surface area (Å²) in [5, 5.41) is 3.14. The first-order chi connectivity index (χ1) is 4.90. The zero-order chi connectivity index (χ0) is 9.07. The Hall–Kier alpha value is -0.460. The van der Waals surface area contributed by atoms with Gasteiger partial charge in [-0.2, -0.15) is 0 Å². The molecule has 0 bridgehead atoms. The molecule has 1 nitrogen and oxygen atoms in total. The van der Waals surface area contributed by atoms with E-state index in [4.69, 9.17) is 0 Å². The molecule has 1 N–H and O–H groups in total. The van der Waals surface area contributed by atoms with Crippen molar-refractivity contribution in [1.29, 1.82) is 0 Å². The van der Waals surface area contributed by atoms with E-state index in [0.29, 0.717) is 11.3 Å². The average Bonchev–Trinajstić information content (AvgIpc) is 1.86. The Labute approximate surface area is 70.9 Å². The third-order valence-electron chi connectivity index (χ3n) is 2.47. The van der Waals surface area contributed by atoms with Crippen molar-refractivity contribution in [3.8, 4) is 0 Å². The monoisotopic (exact) mass is 155 g/mol. The maximum atomic E-state index is 3.14. The first kappa shape index (κ1) is 10.5. The molecule has 0 aliphatic heterocycles. The fourth-order valence-corrected chi connectivity index (χ4v) is 0.797. The Bertz CT molecular complexity index is 143. The molecule has 0 rings (SSSR count). The van der Waals surface area contributed by atoms with Crippen LogP contribution < -0.4 is 5.32 Å². The van der Waals surface area contributed by atoms with Crippen LogP contribution in [0.5, 0.6) is 0 Å². The predicted molar refractivity (Wildman–Crippen MR) is 51.4 cm³/mol. The van der Waals surface area contributed by atoms with E-state index in [2.05, 4.69) is 46.0 Å². The van der Waals surface area contributed by atoms with Crippen LogP contribution in [0, 0.1) is 11.3 Å². The summed E-state index contributed by atoms with van der Waals surface area (Å²) in [6, 6.07) is 0. The van der Waals surface area contributed by atoms with Gasteiger partial charge in [-0.05, 0) is 18.3 Å². The Balaban J connectivity index is 4.33. The average molecular weight is 155 g/mol. The molecule has 0 fully saturated rings. The molecule has 0 aliphatic rings. The molecule has 0 saturated heterocycles. The summed E-state index contributed by atoms with van der Waals surface area (Å²) in [6.45, 7) is 11.1. The molecule has 0 aromatic rings. The lowest BCUT2D eigenvalue weighted by Crippen LogP contribution is -2.18. The van der Waals surface area contributed by atoms with Crippen molar-refractivity contribution in [1.82, 2.24) is 5.32 Å². The van der Waals surface area contributed by atoms with Crippen molar-refractivity contribution < 1.29 is 0 Å². The van der Waals surface area contributed by atoms with Crippen LogP contribution >= 0.6 is 0 Å². The molecular weight excluding hydrogens is 134 g/mol. The van der Waals surface area contributed by atoms with E-state index in [-0.39, 0.29) is 0 Å². The van der Waals surface area contributed by atoms with E-state index >= 15 is 0 Å². The highest BCUT2D eigenvalue weighted by Gasteiger charge is 2.18. The third kappa shape index (κ3) is 3.45. The van der Waals surface area contributed by atoms with Gasteiger partial charge in [0, 0.05) is 12.7 Å². The van der Waals surface area contributed by atoms with Gasteiger partial charge in [-0.3, -0.25) is 0 Å². The second kappa shape index (κ2) is 3.80. The molecule has 0 amide bonds. The van der Waals surface area contributed by atoms with Gasteiger partial charge < -0.3 is 5.32 Å². The number of nitrogens with one attached hydrogen (secondary N) is 1. The minimum Gasteiger partial charge on any atom is -0.392 e. The van der Waals surface area contributed by atoms with Crippen LogP contribution in [0.3, 0.4) is 0 Å². The van der Waals surface area contributed by atoms with Crippen LogP contribution in [-0.2, 0) is 0 Å². The van der Waals surface area contributed by atoms with Gasteiger partial charge in [0.15, 0.2) is 0 Å². The van der Waals surface area contributed by atoms with Gasteiger partial charge in [0.25, 0.3) is 0 Å². The van der Waals surface area contributed by atoms with E-state index in [1.165, 1.54) is 5.70 Å². The molecule has 0 radical (unpaired) electrons. The fourth-order valence-electron chi connectivity index (χ4n) is 0.797. The van der Waals surface area contributed by atoms with Crippen molar-refractivity contribution in [3.63, 3.8) is 0 Å². The maximum Gasteiger partial charge on any atom is 0.00374 e. The summed E-state index contributed by atoms with van der Waals surface area (Å²) in [7, 11) is 1.96. The second-order valence-electron chi connectivity index (χ2n) is 4.05. The largest absolute Gasteiger partial charge is 0.392 e. The van der Waals surface area contributed by atoms with Gasteiger partial charge in [-0.1, -0.05) is 33.8 Å². The Morgan fingerprint density at radius 1 is 1.36 bits per heavy atom. The van der Waals surface area contributed by atoms with Crippen LogP contribution in [0.25, 0.3) is 0 Å². The molecule has 0 aliphatic carbocycles. The summed E-state index contributed by atoms with van der Waals surface area (Å²) in [6.07, 6.45) is 2.29. The number of rotatable bonds is 3.